The van der Waals surface area contributed by atoms with Crippen LogP contribution in [-0.4, -0.2) is 106 Å². The molecule has 5 rings (SSSR count). The summed E-state index contributed by atoms with van der Waals surface area (Å²) < 4.78 is 35.0. The van der Waals surface area contributed by atoms with E-state index < -0.39 is 6.04 Å². The second kappa shape index (κ2) is 20.5. The van der Waals surface area contributed by atoms with E-state index >= 15 is 0 Å². The van der Waals surface area contributed by atoms with Crippen LogP contribution in [0.1, 0.15) is 45.7 Å². The molecule has 52 heavy (non-hydrogen) atoms. The zero-order chi connectivity index (χ0) is 36.7. The molecule has 0 bridgehead atoms. The molecule has 3 heterocycles. The van der Waals surface area contributed by atoms with Gasteiger partial charge in [-0.1, -0.05) is 23.7 Å². The van der Waals surface area contributed by atoms with Gasteiger partial charge in [-0.15, -0.1) is 21.5 Å². The largest absolute Gasteiger partial charge is 0.491 e. The Bertz CT molecular complexity index is 1750. The van der Waals surface area contributed by atoms with Gasteiger partial charge in [-0.3, -0.25) is 14.4 Å². The third-order valence-corrected chi connectivity index (χ3v) is 9.56. The van der Waals surface area contributed by atoms with Crippen LogP contribution >= 0.6 is 22.9 Å². The number of aromatic nitrogens is 3. The Morgan fingerprint density at radius 1 is 0.808 bits per heavy atom. The van der Waals surface area contributed by atoms with Crippen molar-refractivity contribution in [3.63, 3.8) is 0 Å². The number of carbonyl (C=O) groups is 1. The number of nitrogens with zero attached hydrogens (tertiary/aromatic N) is 4. The molecule has 1 amide bonds. The second-order valence-electron chi connectivity index (χ2n) is 11.9. The number of fused-ring (bicyclic) bond motifs is 3. The molecule has 280 valence electrons. The lowest BCUT2D eigenvalue weighted by Gasteiger charge is -2.13. The van der Waals surface area contributed by atoms with Gasteiger partial charge in [-0.05, 0) is 62.7 Å². The molecule has 15 heteroatoms. The van der Waals surface area contributed by atoms with E-state index in [2.05, 4.69) is 29.4 Å². The number of anilines is 1. The molecule has 2 aromatic heterocycles. The van der Waals surface area contributed by atoms with Gasteiger partial charge in [0.05, 0.1) is 78.2 Å². The number of amides is 1. The Morgan fingerprint density at radius 2 is 1.38 bits per heavy atom. The molecule has 1 aliphatic heterocycles. The van der Waals surface area contributed by atoms with Gasteiger partial charge in [-0.2, -0.15) is 0 Å². The average molecular weight is 755 g/mol. The van der Waals surface area contributed by atoms with E-state index in [1.807, 2.05) is 47.9 Å². The number of ether oxygens (including phenoxy) is 6. The molecule has 4 aromatic rings. The number of nitrogens with two attached hydrogens (primary N) is 1. The minimum atomic E-state index is -0.560. The van der Waals surface area contributed by atoms with Gasteiger partial charge in [0.15, 0.2) is 5.82 Å². The third-order valence-electron chi connectivity index (χ3n) is 8.12. The fourth-order valence-electron chi connectivity index (χ4n) is 5.44. The molecule has 0 fully saturated rings. The molecule has 2 aromatic carbocycles. The van der Waals surface area contributed by atoms with E-state index in [1.165, 1.54) is 4.88 Å². The number of thiophene rings is 1. The van der Waals surface area contributed by atoms with Crippen LogP contribution in [0.15, 0.2) is 53.5 Å². The van der Waals surface area contributed by atoms with E-state index in [-0.39, 0.29) is 12.3 Å². The number of hydrogen-bond donors (Lipinski definition) is 2. The predicted molar refractivity (Wildman–Crippen MR) is 202 cm³/mol. The van der Waals surface area contributed by atoms with Crippen molar-refractivity contribution in [2.75, 3.05) is 84.5 Å². The van der Waals surface area contributed by atoms with Crippen LogP contribution < -0.4 is 15.8 Å². The molecular weight excluding hydrogens is 708 g/mol. The summed E-state index contributed by atoms with van der Waals surface area (Å²) >= 11 is 7.90. The quantitative estimate of drug-likeness (QED) is 0.102. The van der Waals surface area contributed by atoms with Crippen molar-refractivity contribution in [2.45, 2.75) is 33.2 Å². The fraction of sp³-hybridized carbons (Fsp3) is 0.459. The first kappa shape index (κ1) is 39.5. The number of benzene rings is 2. The van der Waals surface area contributed by atoms with Gasteiger partial charge in [0.1, 0.15) is 29.2 Å². The highest BCUT2D eigenvalue weighted by Crippen LogP contribution is 2.39. The first-order chi connectivity index (χ1) is 25.4. The van der Waals surface area contributed by atoms with E-state index in [4.69, 9.17) is 50.7 Å². The zero-order valence-corrected chi connectivity index (χ0v) is 31.5. The van der Waals surface area contributed by atoms with Crippen LogP contribution in [0.2, 0.25) is 5.02 Å². The van der Waals surface area contributed by atoms with Crippen LogP contribution in [0.4, 0.5) is 5.69 Å². The summed E-state index contributed by atoms with van der Waals surface area (Å²) in [5, 5.41) is 13.5. The van der Waals surface area contributed by atoms with Gasteiger partial charge in [-0.25, -0.2) is 0 Å². The summed E-state index contributed by atoms with van der Waals surface area (Å²) in [7, 11) is 0. The first-order valence-corrected chi connectivity index (χ1v) is 18.5. The van der Waals surface area contributed by atoms with Gasteiger partial charge in [0, 0.05) is 33.3 Å². The Kier molecular flexibility index (Phi) is 15.6. The second-order valence-corrected chi connectivity index (χ2v) is 13.5. The third kappa shape index (κ3) is 11.1. The van der Waals surface area contributed by atoms with Crippen molar-refractivity contribution in [1.82, 2.24) is 14.8 Å². The Labute approximate surface area is 313 Å². The number of aliphatic imine (C=N–C) groups is 1. The number of carbonyl (C=O) groups excluding carboxylic acids is 1. The molecule has 0 unspecified atom stereocenters. The summed E-state index contributed by atoms with van der Waals surface area (Å²) in [6.07, 6.45) is 0.0793. The Balaban J connectivity index is 1.04. The maximum atomic E-state index is 13.4. The van der Waals surface area contributed by atoms with Gasteiger partial charge in [0.25, 0.3) is 0 Å². The van der Waals surface area contributed by atoms with Crippen molar-refractivity contribution < 1.29 is 33.2 Å². The molecule has 0 spiro atoms. The highest BCUT2D eigenvalue weighted by atomic mass is 35.5. The topological polar surface area (TPSA) is 154 Å². The molecule has 1 atom stereocenters. The Morgan fingerprint density at radius 3 is 1.98 bits per heavy atom. The van der Waals surface area contributed by atoms with Gasteiger partial charge >= 0.3 is 0 Å². The fourth-order valence-corrected chi connectivity index (χ4v) is 6.78. The number of aryl methyl sites for hydroxylation is 2. The monoisotopic (exact) mass is 754 g/mol. The summed E-state index contributed by atoms with van der Waals surface area (Å²) in [4.78, 5) is 19.8. The Hall–Kier alpha value is -3.73. The normalized spacial score (nSPS) is 13.7. The van der Waals surface area contributed by atoms with Crippen LogP contribution in [-0.2, 0) is 28.5 Å². The smallest absolute Gasteiger partial charge is 0.227 e. The SMILES string of the molecule is Cc1sc2c(c1C)C(c1ccc(Cl)cc1)=N[C@@H](CC(=O)Nc1ccc(OCCOCCOCCOCCOCCOCCN)cc1)c1nnc(C)n1-2. The van der Waals surface area contributed by atoms with E-state index in [1.54, 1.807) is 23.5 Å². The molecular formula is C37H47ClN6O7S. The van der Waals surface area contributed by atoms with E-state index in [0.29, 0.717) is 102 Å². The van der Waals surface area contributed by atoms with E-state index in [9.17, 15) is 4.79 Å². The standard InChI is InChI=1S/C37H47ClN6O7S/c1-25-26(2)52-37-34(25)35(28-4-6-29(38)7-5-28)41-32(36-43-42-27(3)44(36)37)24-33(45)40-30-8-10-31(11-9-30)51-23-22-50-21-20-49-19-18-48-17-16-47-15-14-46-13-12-39/h4-11,32H,12-24,39H2,1-3H3,(H,40,45)/t32-/m0/s1. The lowest BCUT2D eigenvalue weighted by atomic mass is 9.99. The molecule has 0 saturated heterocycles. The lowest BCUT2D eigenvalue weighted by molar-refractivity contribution is -0.116. The van der Waals surface area contributed by atoms with Crippen molar-refractivity contribution in [3.05, 3.63) is 86.8 Å². The molecule has 3 N–H and O–H groups in total. The molecule has 1 aliphatic rings. The highest BCUT2D eigenvalue weighted by Gasteiger charge is 2.32. The zero-order valence-electron chi connectivity index (χ0n) is 29.9. The van der Waals surface area contributed by atoms with Crippen molar-refractivity contribution in [1.29, 1.82) is 0 Å². The van der Waals surface area contributed by atoms with Crippen LogP contribution in [0.25, 0.3) is 5.00 Å². The molecule has 0 saturated carbocycles. The van der Waals surface area contributed by atoms with Crippen LogP contribution in [0, 0.1) is 20.8 Å². The van der Waals surface area contributed by atoms with Crippen molar-refractivity contribution in [2.24, 2.45) is 10.7 Å². The number of hydrogen-bond acceptors (Lipinski definition) is 12. The average Bonchev–Trinajstić information content (AvgIpc) is 3.62. The van der Waals surface area contributed by atoms with Gasteiger partial charge < -0.3 is 39.5 Å². The van der Waals surface area contributed by atoms with Gasteiger partial charge in [0.2, 0.25) is 5.91 Å². The first-order valence-electron chi connectivity index (χ1n) is 17.3. The maximum absolute atomic E-state index is 13.4. The number of halogens is 1. The van der Waals surface area contributed by atoms with Crippen molar-refractivity contribution >= 4 is 40.2 Å². The van der Waals surface area contributed by atoms with Crippen LogP contribution in [0.3, 0.4) is 0 Å². The van der Waals surface area contributed by atoms with E-state index in [0.717, 1.165) is 33.2 Å². The molecule has 0 aliphatic carbocycles. The summed E-state index contributed by atoms with van der Waals surface area (Å²) in [6, 6.07) is 14.3. The minimum absolute atomic E-state index is 0.0793. The summed E-state index contributed by atoms with van der Waals surface area (Å²) in [5.41, 5.74) is 9.88. The summed E-state index contributed by atoms with van der Waals surface area (Å²) in [5.74, 6) is 1.84. The highest BCUT2D eigenvalue weighted by molar-refractivity contribution is 7.15. The number of rotatable bonds is 22. The minimum Gasteiger partial charge on any atom is -0.491 e. The maximum Gasteiger partial charge on any atom is 0.227 e. The van der Waals surface area contributed by atoms with Crippen LogP contribution in [0.5, 0.6) is 5.75 Å². The molecule has 13 nitrogen and oxygen atoms in total. The summed E-state index contributed by atoms with van der Waals surface area (Å²) in [6.45, 7) is 11.9. The number of nitrogens with one attached hydrogen (secondary N) is 1. The molecule has 0 radical (unpaired) electrons. The lowest BCUT2D eigenvalue weighted by Crippen LogP contribution is -2.17. The predicted octanol–water partition coefficient (Wildman–Crippen LogP) is 5.25. The van der Waals surface area contributed by atoms with Crippen molar-refractivity contribution in [3.8, 4) is 10.8 Å².